The van der Waals surface area contributed by atoms with Crippen molar-refractivity contribution in [2.45, 2.75) is 0 Å². The Labute approximate surface area is 62.6 Å². The van der Waals surface area contributed by atoms with E-state index in [1.54, 1.807) is 0 Å². The van der Waals surface area contributed by atoms with E-state index >= 15 is 0 Å². The summed E-state index contributed by atoms with van der Waals surface area (Å²) in [7, 11) is -3.30. The van der Waals surface area contributed by atoms with Gasteiger partial charge in [0.2, 0.25) is 0 Å². The van der Waals surface area contributed by atoms with Crippen LogP contribution in [0.3, 0.4) is 0 Å². The Balaban J connectivity index is 2.60. The highest BCUT2D eigenvalue weighted by Gasteiger charge is 2.14. The van der Waals surface area contributed by atoms with Gasteiger partial charge in [0.1, 0.15) is 0 Å². The molecule has 0 aliphatic carbocycles. The largest absolute Gasteiger partial charge is 0.262 e. The Bertz CT molecular complexity index is 403. The van der Waals surface area contributed by atoms with Gasteiger partial charge >= 0.3 is 0 Å². The molecule has 0 bridgehead atoms. The summed E-state index contributed by atoms with van der Waals surface area (Å²) in [5, 5.41) is 8.10. The Kier molecular flexibility index (Phi) is 1.05. The van der Waals surface area contributed by atoms with Crippen LogP contribution < -0.4 is 4.72 Å². The van der Waals surface area contributed by atoms with Gasteiger partial charge in [-0.05, 0) is 0 Å². The van der Waals surface area contributed by atoms with E-state index in [9.17, 15) is 8.42 Å². The minimum Gasteiger partial charge on any atom is -0.262 e. The zero-order valence-electron chi connectivity index (χ0n) is 5.30. The number of rotatable bonds is 0. The standard InChI is InChI=1S/C4H4N4O2S/c9-11(10)2-1-8-4(6-11)3-5-7-8/h1-3,6H. The maximum Gasteiger partial charge on any atom is 0.257 e. The molecule has 1 aliphatic rings. The van der Waals surface area contributed by atoms with Crippen molar-refractivity contribution in [3.63, 3.8) is 0 Å². The van der Waals surface area contributed by atoms with E-state index in [1.807, 2.05) is 0 Å². The molecule has 2 rings (SSSR count). The first kappa shape index (κ1) is 6.35. The van der Waals surface area contributed by atoms with Gasteiger partial charge in [0, 0.05) is 6.20 Å². The van der Waals surface area contributed by atoms with E-state index in [1.165, 1.54) is 17.1 Å². The Morgan fingerprint density at radius 2 is 2.36 bits per heavy atom. The number of hydrogen-bond donors (Lipinski definition) is 1. The zero-order valence-corrected chi connectivity index (χ0v) is 6.11. The normalized spacial score (nSPS) is 18.9. The molecule has 0 atom stereocenters. The summed E-state index contributed by atoms with van der Waals surface area (Å²) < 4.78 is 25.3. The molecule has 0 amide bonds. The highest BCUT2D eigenvalue weighted by molar-refractivity contribution is 7.95. The molecule has 0 fully saturated rings. The monoisotopic (exact) mass is 172 g/mol. The van der Waals surface area contributed by atoms with E-state index in [2.05, 4.69) is 15.0 Å². The van der Waals surface area contributed by atoms with Crippen molar-refractivity contribution in [3.05, 3.63) is 11.6 Å². The maximum atomic E-state index is 10.8. The highest BCUT2D eigenvalue weighted by atomic mass is 32.2. The van der Waals surface area contributed by atoms with Crippen molar-refractivity contribution in [1.82, 2.24) is 15.0 Å². The quantitative estimate of drug-likeness (QED) is 0.570. The Morgan fingerprint density at radius 3 is 3.18 bits per heavy atom. The van der Waals surface area contributed by atoms with Gasteiger partial charge in [-0.1, -0.05) is 5.21 Å². The average Bonchev–Trinajstić information content (AvgIpc) is 2.31. The molecule has 11 heavy (non-hydrogen) atoms. The van der Waals surface area contributed by atoms with Crippen LogP contribution in [0, 0.1) is 0 Å². The lowest BCUT2D eigenvalue weighted by molar-refractivity contribution is 0.608. The molecule has 1 aliphatic heterocycles. The fourth-order valence-electron chi connectivity index (χ4n) is 0.744. The van der Waals surface area contributed by atoms with Gasteiger partial charge in [-0.3, -0.25) is 4.72 Å². The van der Waals surface area contributed by atoms with Crippen molar-refractivity contribution >= 4 is 22.0 Å². The number of nitrogens with one attached hydrogen (secondary N) is 1. The molecule has 0 aromatic carbocycles. The summed E-state index contributed by atoms with van der Waals surface area (Å²) in [5.74, 6) is 0.354. The topological polar surface area (TPSA) is 76.9 Å². The second kappa shape index (κ2) is 1.82. The molecule has 1 N–H and O–H groups in total. The van der Waals surface area contributed by atoms with Crippen molar-refractivity contribution in [1.29, 1.82) is 0 Å². The van der Waals surface area contributed by atoms with E-state index in [0.717, 1.165) is 5.41 Å². The summed E-state index contributed by atoms with van der Waals surface area (Å²) in [6.45, 7) is 0. The Hall–Kier alpha value is -1.37. The molecule has 0 unspecified atom stereocenters. The van der Waals surface area contributed by atoms with Crippen LogP contribution in [0.4, 0.5) is 5.82 Å². The first-order chi connectivity index (χ1) is 5.17. The van der Waals surface area contributed by atoms with Crippen LogP contribution in [0.5, 0.6) is 0 Å². The molecule has 0 saturated carbocycles. The lowest BCUT2D eigenvalue weighted by atomic mass is 10.7. The number of sulfonamides is 1. The molecular formula is C4H4N4O2S. The molecule has 0 radical (unpaired) electrons. The molecule has 1 aromatic rings. The van der Waals surface area contributed by atoms with Crippen LogP contribution >= 0.6 is 0 Å². The molecule has 58 valence electrons. The second-order valence-electron chi connectivity index (χ2n) is 2.00. The van der Waals surface area contributed by atoms with E-state index < -0.39 is 10.0 Å². The lowest BCUT2D eigenvalue weighted by Crippen LogP contribution is -2.15. The van der Waals surface area contributed by atoms with E-state index in [-0.39, 0.29) is 0 Å². The average molecular weight is 172 g/mol. The molecule has 2 heterocycles. The number of nitrogens with zero attached hydrogens (tertiary/aromatic N) is 3. The molecule has 1 aromatic heterocycles. The summed E-state index contributed by atoms with van der Waals surface area (Å²) in [6, 6.07) is 0. The fraction of sp³-hybridized carbons (Fsp3) is 0. The molecular weight excluding hydrogens is 168 g/mol. The first-order valence-corrected chi connectivity index (χ1v) is 4.33. The van der Waals surface area contributed by atoms with Gasteiger partial charge in [-0.15, -0.1) is 5.10 Å². The predicted octanol–water partition coefficient (Wildman–Crippen LogP) is -0.538. The molecule has 7 heteroatoms. The van der Waals surface area contributed by atoms with Gasteiger partial charge in [0.05, 0.1) is 11.6 Å². The van der Waals surface area contributed by atoms with Gasteiger partial charge in [0.25, 0.3) is 10.0 Å². The SMILES string of the molecule is O=S1(=O)C=Cn2nncc2N1. The van der Waals surface area contributed by atoms with Crippen molar-refractivity contribution < 1.29 is 8.42 Å². The lowest BCUT2D eigenvalue weighted by Gasteiger charge is -2.07. The Morgan fingerprint density at radius 1 is 1.55 bits per heavy atom. The van der Waals surface area contributed by atoms with Gasteiger partial charge in [-0.2, -0.15) is 0 Å². The summed E-state index contributed by atoms with van der Waals surface area (Å²) in [5.41, 5.74) is 0. The van der Waals surface area contributed by atoms with Gasteiger partial charge < -0.3 is 0 Å². The number of anilines is 1. The number of fused-ring (bicyclic) bond motifs is 1. The molecule has 0 saturated heterocycles. The number of aromatic nitrogens is 3. The third-order valence-electron chi connectivity index (χ3n) is 1.20. The maximum absolute atomic E-state index is 10.8. The summed E-state index contributed by atoms with van der Waals surface area (Å²) in [6.07, 6.45) is 2.66. The molecule has 6 nitrogen and oxygen atoms in total. The van der Waals surface area contributed by atoms with Crippen LogP contribution in [-0.2, 0) is 10.0 Å². The van der Waals surface area contributed by atoms with Crippen LogP contribution in [-0.4, -0.2) is 23.4 Å². The predicted molar refractivity (Wildman–Crippen MR) is 37.9 cm³/mol. The smallest absolute Gasteiger partial charge is 0.257 e. The number of hydrogen-bond acceptors (Lipinski definition) is 4. The van der Waals surface area contributed by atoms with Crippen molar-refractivity contribution in [2.24, 2.45) is 0 Å². The second-order valence-corrected chi connectivity index (χ2v) is 3.56. The zero-order chi connectivity index (χ0) is 7.90. The van der Waals surface area contributed by atoms with E-state index in [4.69, 9.17) is 0 Å². The van der Waals surface area contributed by atoms with Gasteiger partial charge in [-0.25, -0.2) is 13.1 Å². The van der Waals surface area contributed by atoms with Gasteiger partial charge in [0.15, 0.2) is 5.82 Å². The van der Waals surface area contributed by atoms with Crippen LogP contribution in [0.15, 0.2) is 11.6 Å². The third-order valence-corrected chi connectivity index (χ3v) is 2.18. The first-order valence-electron chi connectivity index (χ1n) is 2.79. The fourth-order valence-corrected chi connectivity index (χ4v) is 1.53. The summed E-state index contributed by atoms with van der Waals surface area (Å²) in [4.78, 5) is 0. The van der Waals surface area contributed by atoms with E-state index in [0.29, 0.717) is 5.82 Å². The van der Waals surface area contributed by atoms with Crippen LogP contribution in [0.2, 0.25) is 0 Å². The summed E-state index contributed by atoms with van der Waals surface area (Å²) >= 11 is 0. The molecule has 0 spiro atoms. The van der Waals surface area contributed by atoms with Crippen molar-refractivity contribution in [2.75, 3.05) is 4.72 Å². The highest BCUT2D eigenvalue weighted by Crippen LogP contribution is 2.12. The minimum atomic E-state index is -3.30. The van der Waals surface area contributed by atoms with Crippen LogP contribution in [0.25, 0.3) is 6.20 Å². The minimum absolute atomic E-state index is 0.354. The van der Waals surface area contributed by atoms with Crippen molar-refractivity contribution in [3.8, 4) is 0 Å². The third kappa shape index (κ3) is 0.984. The van der Waals surface area contributed by atoms with Crippen LogP contribution in [0.1, 0.15) is 0 Å².